The van der Waals surface area contributed by atoms with Crippen LogP contribution in [0.4, 0.5) is 13.2 Å². The summed E-state index contributed by atoms with van der Waals surface area (Å²) in [5, 5.41) is 14.4. The van der Waals surface area contributed by atoms with Crippen LogP contribution in [0.3, 0.4) is 0 Å². The van der Waals surface area contributed by atoms with Gasteiger partial charge in [0.1, 0.15) is 12.7 Å². The van der Waals surface area contributed by atoms with E-state index in [-0.39, 0.29) is 17.5 Å². The van der Waals surface area contributed by atoms with Crippen molar-refractivity contribution in [2.45, 2.75) is 31.8 Å². The van der Waals surface area contributed by atoms with E-state index >= 15 is 0 Å². The highest BCUT2D eigenvalue weighted by Crippen LogP contribution is 2.29. The molecule has 3 rings (SSSR count). The Morgan fingerprint density at radius 3 is 2.36 bits per heavy atom. The highest BCUT2D eigenvalue weighted by Gasteiger charge is 2.31. The molecule has 0 aliphatic carbocycles. The van der Waals surface area contributed by atoms with Crippen molar-refractivity contribution in [2.75, 3.05) is 26.2 Å². The van der Waals surface area contributed by atoms with E-state index in [0.717, 1.165) is 12.1 Å². The largest absolute Gasteiger partial charge is 0.416 e. The predicted octanol–water partition coefficient (Wildman–Crippen LogP) is 1.50. The fraction of sp³-hybridized carbons (Fsp3) is 0.500. The molecule has 1 aromatic carbocycles. The smallest absolute Gasteiger partial charge is 0.390 e. The Morgan fingerprint density at radius 1 is 1.18 bits per heavy atom. The molecule has 1 fully saturated rings. The van der Waals surface area contributed by atoms with E-state index < -0.39 is 17.8 Å². The monoisotopic (exact) mass is 397 g/mol. The maximum absolute atomic E-state index is 12.6. The third-order valence-electron chi connectivity index (χ3n) is 5.03. The molecule has 1 aliphatic rings. The first-order valence-electron chi connectivity index (χ1n) is 8.97. The number of nitrogens with zero attached hydrogens (tertiary/aromatic N) is 5. The van der Waals surface area contributed by atoms with Crippen LogP contribution in [0.2, 0.25) is 0 Å². The highest BCUT2D eigenvalue weighted by atomic mass is 19.4. The van der Waals surface area contributed by atoms with Gasteiger partial charge >= 0.3 is 6.18 Å². The molecule has 0 bridgehead atoms. The van der Waals surface area contributed by atoms with Crippen LogP contribution in [0.25, 0.3) is 0 Å². The molecule has 2 atom stereocenters. The molecule has 2 heterocycles. The number of carbonyl (C=O) groups is 1. The zero-order chi connectivity index (χ0) is 20.3. The molecule has 7 nitrogen and oxygen atoms in total. The Kier molecular flexibility index (Phi) is 5.99. The Hall–Kier alpha value is -2.46. The molecular formula is C18H22F3N5O2. The lowest BCUT2D eigenvalue weighted by atomic mass is 10.1. The van der Waals surface area contributed by atoms with Crippen molar-refractivity contribution in [2.24, 2.45) is 0 Å². The first kappa shape index (κ1) is 20.3. The Balaban J connectivity index is 1.53. The van der Waals surface area contributed by atoms with Gasteiger partial charge in [-0.2, -0.15) is 18.3 Å². The maximum atomic E-state index is 12.6. The topological polar surface area (TPSA) is 74.5 Å². The number of amides is 1. The number of aromatic nitrogens is 3. The van der Waals surface area contributed by atoms with E-state index in [9.17, 15) is 23.1 Å². The molecule has 1 aliphatic heterocycles. The van der Waals surface area contributed by atoms with Gasteiger partial charge < -0.3 is 10.0 Å². The fourth-order valence-electron chi connectivity index (χ4n) is 3.23. The molecular weight excluding hydrogens is 375 g/mol. The Labute approximate surface area is 160 Å². The number of rotatable bonds is 5. The van der Waals surface area contributed by atoms with Crippen molar-refractivity contribution < 1.29 is 23.1 Å². The Bertz CT molecular complexity index is 772. The van der Waals surface area contributed by atoms with Crippen LogP contribution in [0.5, 0.6) is 0 Å². The second kappa shape index (κ2) is 8.27. The summed E-state index contributed by atoms with van der Waals surface area (Å²) in [6.45, 7) is 4.27. The van der Waals surface area contributed by atoms with Crippen molar-refractivity contribution >= 4 is 5.91 Å². The number of aliphatic hydroxyl groups is 1. The summed E-state index contributed by atoms with van der Waals surface area (Å²) >= 11 is 0. The van der Waals surface area contributed by atoms with Gasteiger partial charge in [-0.15, -0.1) is 0 Å². The van der Waals surface area contributed by atoms with Crippen LogP contribution >= 0.6 is 0 Å². The van der Waals surface area contributed by atoms with Gasteiger partial charge in [-0.1, -0.05) is 0 Å². The number of halogens is 3. The molecule has 10 heteroatoms. The standard InChI is InChI=1S/C18H22F3N5O2/c1-13(16(27)10-26-12-22-11-23-26)24-6-8-25(9-7-24)17(28)14-2-4-15(5-3-14)18(19,20)21/h2-5,11-13,16,27H,6-10H2,1H3. The molecule has 2 aromatic rings. The van der Waals surface area contributed by atoms with Crippen molar-refractivity contribution in [1.82, 2.24) is 24.6 Å². The molecule has 28 heavy (non-hydrogen) atoms. The Morgan fingerprint density at radius 2 is 1.82 bits per heavy atom. The molecule has 0 radical (unpaired) electrons. The summed E-state index contributed by atoms with van der Waals surface area (Å²) in [6, 6.07) is 4.13. The van der Waals surface area contributed by atoms with E-state index in [2.05, 4.69) is 15.0 Å². The zero-order valence-electron chi connectivity index (χ0n) is 15.4. The van der Waals surface area contributed by atoms with Gasteiger partial charge in [0.15, 0.2) is 0 Å². The summed E-state index contributed by atoms with van der Waals surface area (Å²) in [7, 11) is 0. The van der Waals surface area contributed by atoms with Crippen molar-refractivity contribution in [3.05, 3.63) is 48.0 Å². The summed E-state index contributed by atoms with van der Waals surface area (Å²) in [5.41, 5.74) is -0.537. The van der Waals surface area contributed by atoms with Crippen LogP contribution in [0, 0.1) is 0 Å². The van der Waals surface area contributed by atoms with Gasteiger partial charge in [-0.05, 0) is 31.2 Å². The first-order valence-corrected chi connectivity index (χ1v) is 8.97. The quantitative estimate of drug-likeness (QED) is 0.828. The van der Waals surface area contributed by atoms with Crippen LogP contribution in [-0.4, -0.2) is 73.9 Å². The molecule has 0 saturated carbocycles. The molecule has 152 valence electrons. The van der Waals surface area contributed by atoms with Crippen LogP contribution in [0.1, 0.15) is 22.8 Å². The highest BCUT2D eigenvalue weighted by molar-refractivity contribution is 5.94. The summed E-state index contributed by atoms with van der Waals surface area (Å²) in [6.07, 6.45) is -2.12. The minimum atomic E-state index is -4.42. The second-order valence-electron chi connectivity index (χ2n) is 6.83. The average molecular weight is 397 g/mol. The molecule has 2 unspecified atom stereocenters. The van der Waals surface area contributed by atoms with E-state index in [1.54, 1.807) is 9.58 Å². The van der Waals surface area contributed by atoms with Crippen LogP contribution in [-0.2, 0) is 12.7 Å². The number of carbonyl (C=O) groups excluding carboxylic acids is 1. The van der Waals surface area contributed by atoms with Crippen molar-refractivity contribution in [1.29, 1.82) is 0 Å². The van der Waals surface area contributed by atoms with Crippen molar-refractivity contribution in [3.8, 4) is 0 Å². The number of alkyl halides is 3. The fourth-order valence-corrected chi connectivity index (χ4v) is 3.23. The first-order chi connectivity index (χ1) is 13.3. The van der Waals surface area contributed by atoms with Gasteiger partial charge in [0.05, 0.1) is 18.2 Å². The third kappa shape index (κ3) is 4.68. The minimum absolute atomic E-state index is 0.132. The van der Waals surface area contributed by atoms with E-state index in [4.69, 9.17) is 0 Å². The lowest BCUT2D eigenvalue weighted by Gasteiger charge is -2.39. The minimum Gasteiger partial charge on any atom is -0.390 e. The lowest BCUT2D eigenvalue weighted by Crippen LogP contribution is -2.54. The summed E-state index contributed by atoms with van der Waals surface area (Å²) < 4.78 is 39.5. The van der Waals surface area contributed by atoms with Crippen LogP contribution in [0.15, 0.2) is 36.9 Å². The van der Waals surface area contributed by atoms with Crippen molar-refractivity contribution in [3.63, 3.8) is 0 Å². The third-order valence-corrected chi connectivity index (χ3v) is 5.03. The van der Waals surface area contributed by atoms with Gasteiger partial charge in [0, 0.05) is 37.8 Å². The number of benzene rings is 1. The van der Waals surface area contributed by atoms with E-state index in [1.807, 2.05) is 6.92 Å². The molecule has 1 N–H and O–H groups in total. The number of aliphatic hydroxyl groups excluding tert-OH is 1. The van der Waals surface area contributed by atoms with Crippen LogP contribution < -0.4 is 0 Å². The summed E-state index contributed by atoms with van der Waals surface area (Å²) in [4.78, 5) is 20.1. The number of hydrogen-bond acceptors (Lipinski definition) is 5. The number of piperazine rings is 1. The van der Waals surface area contributed by atoms with Gasteiger partial charge in [-0.3, -0.25) is 14.4 Å². The van der Waals surface area contributed by atoms with E-state index in [0.29, 0.717) is 32.7 Å². The van der Waals surface area contributed by atoms with Gasteiger partial charge in [0.2, 0.25) is 0 Å². The predicted molar refractivity (Wildman–Crippen MR) is 94.4 cm³/mol. The SMILES string of the molecule is CC(C(O)Cn1cncn1)N1CCN(C(=O)c2ccc(C(F)(F)F)cc2)CC1. The average Bonchev–Trinajstić information content (AvgIpc) is 3.19. The van der Waals surface area contributed by atoms with Gasteiger partial charge in [-0.25, -0.2) is 4.98 Å². The van der Waals surface area contributed by atoms with Gasteiger partial charge in [0.25, 0.3) is 5.91 Å². The van der Waals surface area contributed by atoms with E-state index in [1.165, 1.54) is 24.8 Å². The normalized spacial score (nSPS) is 18.1. The molecule has 1 saturated heterocycles. The maximum Gasteiger partial charge on any atom is 0.416 e. The number of hydrogen-bond donors (Lipinski definition) is 1. The summed E-state index contributed by atoms with van der Waals surface area (Å²) in [5.74, 6) is -0.288. The molecule has 0 spiro atoms. The zero-order valence-corrected chi connectivity index (χ0v) is 15.4. The molecule has 1 aromatic heterocycles. The lowest BCUT2D eigenvalue weighted by molar-refractivity contribution is -0.137. The second-order valence-corrected chi connectivity index (χ2v) is 6.83. The molecule has 1 amide bonds.